The minimum absolute atomic E-state index is 0.134. The van der Waals surface area contributed by atoms with Gasteiger partial charge in [0.1, 0.15) is 12.8 Å². The fraction of sp³-hybridized carbons (Fsp3) is 0.750. The van der Waals surface area contributed by atoms with Gasteiger partial charge in [0.05, 0.1) is 0 Å². The van der Waals surface area contributed by atoms with E-state index in [9.17, 15) is 14.2 Å². The number of nitrogens with two attached hydrogens (primary N) is 1. The zero-order valence-electron chi connectivity index (χ0n) is 8.82. The molecule has 0 heterocycles. The maximum absolute atomic E-state index is 11.2. The molecule has 0 spiro atoms. The first-order valence-electron chi connectivity index (χ1n) is 4.47. The second kappa shape index (κ2) is 5.78. The molecule has 2 unspecified atom stereocenters. The molecule has 0 aromatic heterocycles. The van der Waals surface area contributed by atoms with Gasteiger partial charge in [-0.25, -0.2) is 4.79 Å². The van der Waals surface area contributed by atoms with Crippen molar-refractivity contribution in [2.24, 2.45) is 5.73 Å². The summed E-state index contributed by atoms with van der Waals surface area (Å²) in [6, 6.07) is 0. The molecule has 0 aromatic rings. The Morgan fingerprint density at radius 3 is 2.47 bits per heavy atom. The second-order valence-electron chi connectivity index (χ2n) is 3.51. The molecule has 15 heavy (non-hydrogen) atoms. The van der Waals surface area contributed by atoms with Crippen LogP contribution in [0.4, 0.5) is 0 Å². The van der Waals surface area contributed by atoms with E-state index in [1.165, 1.54) is 6.92 Å². The highest BCUT2D eigenvalue weighted by Gasteiger charge is 2.29. The lowest BCUT2D eigenvalue weighted by molar-refractivity contribution is -0.146. The summed E-state index contributed by atoms with van der Waals surface area (Å²) in [5, 5.41) is 10.8. The summed E-state index contributed by atoms with van der Waals surface area (Å²) in [7, 11) is -1.25. The van der Waals surface area contributed by atoms with Gasteiger partial charge in [0, 0.05) is 6.42 Å². The predicted molar refractivity (Wildman–Crippen MR) is 56.0 cm³/mol. The van der Waals surface area contributed by atoms with Crippen LogP contribution in [0.15, 0.2) is 0 Å². The molecule has 4 N–H and O–H groups in total. The van der Waals surface area contributed by atoms with Crippen molar-refractivity contribution in [3.8, 4) is 0 Å². The molecule has 2 atom stereocenters. The number of aliphatic carboxylic acids is 1. The van der Waals surface area contributed by atoms with Crippen molar-refractivity contribution >= 4 is 19.7 Å². The number of amides is 1. The van der Waals surface area contributed by atoms with E-state index in [0.29, 0.717) is 12.6 Å². The van der Waals surface area contributed by atoms with Gasteiger partial charge in [-0.15, -0.1) is 0 Å². The average molecular weight is 235 g/mol. The Bertz CT molecular complexity index is 278. The molecule has 0 fully saturated rings. The fourth-order valence-electron chi connectivity index (χ4n) is 0.868. The van der Waals surface area contributed by atoms with Crippen LogP contribution in [-0.2, 0) is 14.2 Å². The van der Waals surface area contributed by atoms with E-state index < -0.39 is 25.3 Å². The van der Waals surface area contributed by atoms with Crippen molar-refractivity contribution < 1.29 is 19.3 Å². The van der Waals surface area contributed by atoms with Crippen LogP contribution in [0.2, 0.25) is 0 Å². The number of hydrogen-bond acceptors (Lipinski definition) is 4. The van der Waals surface area contributed by atoms with E-state index >= 15 is 0 Å². The molecular formula is C8H16N2O4P+. The summed E-state index contributed by atoms with van der Waals surface area (Å²) in [6.07, 6.45) is 1.05. The first-order valence-corrected chi connectivity index (χ1v) is 6.36. The fourth-order valence-corrected chi connectivity index (χ4v) is 1.47. The minimum atomic E-state index is -1.74. The Morgan fingerprint density at radius 2 is 2.07 bits per heavy atom. The average Bonchev–Trinajstić information content (AvgIpc) is 2.01. The highest BCUT2D eigenvalue weighted by molar-refractivity contribution is 7.43. The number of nitrogens with one attached hydrogen (secondary N) is 1. The standard InChI is InChI=1S/C8H15N2O4P/c1-8(9,7(12)13)10-6(11)4-3-5-15(2)14/h3-5,9H2,1-2H3,(H-,10,11,12,13)/p+1. The van der Waals surface area contributed by atoms with Gasteiger partial charge >= 0.3 is 13.8 Å². The quantitative estimate of drug-likeness (QED) is 0.446. The molecule has 0 rings (SSSR count). The maximum atomic E-state index is 11.2. The molecule has 0 saturated heterocycles. The Hall–Kier alpha value is -1.00. The third-order valence-electron chi connectivity index (χ3n) is 1.72. The lowest BCUT2D eigenvalue weighted by Crippen LogP contribution is -2.59. The molecule has 0 bridgehead atoms. The number of rotatable bonds is 6. The number of carbonyl (C=O) groups excluding carboxylic acids is 1. The molecule has 0 aliphatic carbocycles. The van der Waals surface area contributed by atoms with Gasteiger partial charge in [-0.3, -0.25) is 10.5 Å². The molecule has 6 nitrogen and oxygen atoms in total. The number of carbonyl (C=O) groups is 2. The van der Waals surface area contributed by atoms with Gasteiger partial charge < -0.3 is 10.4 Å². The van der Waals surface area contributed by atoms with Crippen molar-refractivity contribution in [1.29, 1.82) is 0 Å². The largest absolute Gasteiger partial charge is 0.479 e. The van der Waals surface area contributed by atoms with Gasteiger partial charge in [0.2, 0.25) is 5.91 Å². The lowest BCUT2D eigenvalue weighted by Gasteiger charge is -2.20. The van der Waals surface area contributed by atoms with E-state index in [4.69, 9.17) is 10.8 Å². The minimum Gasteiger partial charge on any atom is -0.479 e. The summed E-state index contributed by atoms with van der Waals surface area (Å²) in [5.41, 5.74) is 3.56. The third-order valence-corrected chi connectivity index (χ3v) is 2.67. The topological polar surface area (TPSA) is 109 Å². The highest BCUT2D eigenvalue weighted by atomic mass is 31.1. The van der Waals surface area contributed by atoms with Crippen LogP contribution < -0.4 is 11.1 Å². The molecule has 86 valence electrons. The molecule has 0 aliphatic heterocycles. The van der Waals surface area contributed by atoms with Crippen molar-refractivity contribution in [3.05, 3.63) is 0 Å². The van der Waals surface area contributed by atoms with Crippen LogP contribution in [0.5, 0.6) is 0 Å². The van der Waals surface area contributed by atoms with Gasteiger partial charge in [-0.2, -0.15) is 0 Å². The Morgan fingerprint density at radius 1 is 1.53 bits per heavy atom. The first-order chi connectivity index (χ1) is 6.75. The van der Waals surface area contributed by atoms with E-state index in [1.807, 2.05) is 0 Å². The van der Waals surface area contributed by atoms with Crippen LogP contribution in [0.1, 0.15) is 19.8 Å². The van der Waals surface area contributed by atoms with E-state index in [1.54, 1.807) is 6.66 Å². The van der Waals surface area contributed by atoms with Gasteiger partial charge in [0.25, 0.3) is 0 Å². The number of carboxylic acids is 1. The summed E-state index contributed by atoms with van der Waals surface area (Å²) in [5.74, 6) is -1.74. The van der Waals surface area contributed by atoms with E-state index in [0.717, 1.165) is 0 Å². The molecule has 7 heteroatoms. The maximum Gasteiger partial charge on any atom is 0.344 e. The summed E-state index contributed by atoms with van der Waals surface area (Å²) in [4.78, 5) is 21.7. The van der Waals surface area contributed by atoms with Crippen LogP contribution in [0, 0.1) is 0 Å². The zero-order valence-corrected chi connectivity index (χ0v) is 9.71. The summed E-state index contributed by atoms with van der Waals surface area (Å²) < 4.78 is 10.7. The smallest absolute Gasteiger partial charge is 0.344 e. The molecular weight excluding hydrogens is 219 g/mol. The van der Waals surface area contributed by atoms with Crippen LogP contribution in [0.25, 0.3) is 0 Å². The summed E-state index contributed by atoms with van der Waals surface area (Å²) >= 11 is 0. The molecule has 0 aromatic carbocycles. The van der Waals surface area contributed by atoms with Gasteiger partial charge in [-0.05, 0) is 13.3 Å². The molecule has 1 amide bonds. The van der Waals surface area contributed by atoms with Crippen molar-refractivity contribution in [2.75, 3.05) is 12.8 Å². The SMILES string of the molecule is C[P+](=O)CCCC(=O)NC(C)(N)C(=O)O. The first kappa shape index (κ1) is 14.0. The Labute approximate surface area is 89.0 Å². The molecule has 0 saturated carbocycles. The van der Waals surface area contributed by atoms with Crippen LogP contribution >= 0.6 is 7.80 Å². The zero-order chi connectivity index (χ0) is 12.1. The van der Waals surface area contributed by atoms with E-state index in [-0.39, 0.29) is 6.42 Å². The predicted octanol–water partition coefficient (Wildman–Crippen LogP) is 0.0995. The molecule has 0 aliphatic rings. The van der Waals surface area contributed by atoms with Crippen LogP contribution in [-0.4, -0.2) is 35.5 Å². The Balaban J connectivity index is 3.94. The van der Waals surface area contributed by atoms with Crippen molar-refractivity contribution in [1.82, 2.24) is 5.32 Å². The van der Waals surface area contributed by atoms with Gasteiger partial charge in [0.15, 0.2) is 5.66 Å². The second-order valence-corrected chi connectivity index (χ2v) is 5.21. The monoisotopic (exact) mass is 235 g/mol. The van der Waals surface area contributed by atoms with Gasteiger partial charge in [-0.1, -0.05) is 4.57 Å². The molecule has 0 radical (unpaired) electrons. The van der Waals surface area contributed by atoms with Crippen molar-refractivity contribution in [2.45, 2.75) is 25.4 Å². The van der Waals surface area contributed by atoms with E-state index in [2.05, 4.69) is 5.32 Å². The Kier molecular flexibility index (Phi) is 5.39. The number of hydrogen-bond donors (Lipinski definition) is 3. The lowest BCUT2D eigenvalue weighted by atomic mass is 10.2. The summed E-state index contributed by atoms with van der Waals surface area (Å²) in [6.45, 7) is 2.78. The van der Waals surface area contributed by atoms with Crippen molar-refractivity contribution in [3.63, 3.8) is 0 Å². The van der Waals surface area contributed by atoms with Crippen LogP contribution in [0.3, 0.4) is 0 Å². The normalized spacial score (nSPS) is 15.3. The third kappa shape index (κ3) is 6.14. The highest BCUT2D eigenvalue weighted by Crippen LogP contribution is 2.15. The number of carboxylic acid groups (broad SMARTS) is 1.